The third-order valence-corrected chi connectivity index (χ3v) is 5.29. The van der Waals surface area contributed by atoms with E-state index in [0.29, 0.717) is 10.8 Å². The van der Waals surface area contributed by atoms with E-state index in [0.717, 1.165) is 16.0 Å². The molecule has 1 aliphatic heterocycles. The molecule has 0 aliphatic carbocycles. The molecule has 0 spiro atoms. The fraction of sp³-hybridized carbons (Fsp3) is 0.238. The van der Waals surface area contributed by atoms with E-state index in [-0.39, 0.29) is 17.7 Å². The van der Waals surface area contributed by atoms with Crippen LogP contribution in [-0.2, 0) is 9.59 Å². The highest BCUT2D eigenvalue weighted by Crippen LogP contribution is 2.26. The molecule has 4 amide bonds. The molecule has 1 aliphatic rings. The number of fused-ring (bicyclic) bond motifs is 1. The first-order valence-corrected chi connectivity index (χ1v) is 9.53. The number of rotatable bonds is 5. The van der Waals surface area contributed by atoms with Crippen LogP contribution in [0.5, 0.6) is 5.75 Å². The number of hydrazine groups is 1. The van der Waals surface area contributed by atoms with E-state index >= 15 is 0 Å². The van der Waals surface area contributed by atoms with Crippen molar-refractivity contribution in [2.24, 2.45) is 0 Å². The highest BCUT2D eigenvalue weighted by atomic mass is 35.5. The van der Waals surface area contributed by atoms with Gasteiger partial charge in [-0.15, -0.1) is 0 Å². The molecule has 0 saturated carbocycles. The molecule has 3 rings (SSSR count). The average molecular weight is 430 g/mol. The quantitative estimate of drug-likeness (QED) is 0.560. The predicted octanol–water partition coefficient (Wildman–Crippen LogP) is 2.17. The molecular weight excluding hydrogens is 410 g/mol. The average Bonchev–Trinajstić information content (AvgIpc) is 2.98. The van der Waals surface area contributed by atoms with Crippen LogP contribution in [0.3, 0.4) is 0 Å². The summed E-state index contributed by atoms with van der Waals surface area (Å²) < 4.78 is 5.41. The second kappa shape index (κ2) is 8.54. The fourth-order valence-electron chi connectivity index (χ4n) is 3.09. The van der Waals surface area contributed by atoms with Gasteiger partial charge in [-0.05, 0) is 56.2 Å². The number of hydrogen-bond acceptors (Lipinski definition) is 5. The Morgan fingerprint density at radius 3 is 2.10 bits per heavy atom. The zero-order valence-corrected chi connectivity index (χ0v) is 17.4. The number of aryl methyl sites for hydroxylation is 2. The standard InChI is InChI=1S/C21H20ClN3O5/c1-11-8-14(9-12(2)18(11)22)30-10-17(26)23-24-19(27)13(3)25-20(28)15-6-4-5-7-16(15)21(25)29/h4-9,13H,10H2,1-3H3,(H,23,26)(H,24,27). The molecule has 1 heterocycles. The normalized spacial score (nSPS) is 13.7. The maximum Gasteiger partial charge on any atom is 0.276 e. The largest absolute Gasteiger partial charge is 0.484 e. The predicted molar refractivity (Wildman–Crippen MR) is 109 cm³/mol. The van der Waals surface area contributed by atoms with Gasteiger partial charge < -0.3 is 4.74 Å². The Hall–Kier alpha value is -3.39. The van der Waals surface area contributed by atoms with Gasteiger partial charge in [-0.2, -0.15) is 0 Å². The van der Waals surface area contributed by atoms with Crippen LogP contribution in [-0.4, -0.2) is 41.2 Å². The minimum Gasteiger partial charge on any atom is -0.484 e. The van der Waals surface area contributed by atoms with Crippen molar-refractivity contribution in [3.05, 3.63) is 63.7 Å². The van der Waals surface area contributed by atoms with Gasteiger partial charge in [-0.1, -0.05) is 23.7 Å². The number of hydrogen-bond donors (Lipinski definition) is 2. The van der Waals surface area contributed by atoms with Crippen LogP contribution in [0.4, 0.5) is 0 Å². The van der Waals surface area contributed by atoms with E-state index in [9.17, 15) is 19.2 Å². The molecule has 0 bridgehead atoms. The Balaban J connectivity index is 1.53. The number of ether oxygens (including phenoxy) is 1. The number of nitrogens with zero attached hydrogens (tertiary/aromatic N) is 1. The van der Waals surface area contributed by atoms with Gasteiger partial charge in [0.15, 0.2) is 6.61 Å². The second-order valence-electron chi connectivity index (χ2n) is 6.90. The Morgan fingerprint density at radius 2 is 1.57 bits per heavy atom. The van der Waals surface area contributed by atoms with E-state index in [2.05, 4.69) is 10.9 Å². The Labute approximate surface area is 178 Å². The molecule has 2 aromatic carbocycles. The highest BCUT2D eigenvalue weighted by molar-refractivity contribution is 6.32. The van der Waals surface area contributed by atoms with Gasteiger partial charge in [0.05, 0.1) is 11.1 Å². The topological polar surface area (TPSA) is 105 Å². The van der Waals surface area contributed by atoms with Gasteiger partial charge in [0.2, 0.25) is 0 Å². The summed E-state index contributed by atoms with van der Waals surface area (Å²) in [6.45, 7) is 4.70. The van der Waals surface area contributed by atoms with Crippen LogP contribution in [0.25, 0.3) is 0 Å². The first-order chi connectivity index (χ1) is 14.2. The number of halogens is 1. The Kier molecular flexibility index (Phi) is 6.07. The van der Waals surface area contributed by atoms with Crippen LogP contribution in [0.1, 0.15) is 38.8 Å². The molecule has 0 aromatic heterocycles. The second-order valence-corrected chi connectivity index (χ2v) is 7.28. The van der Waals surface area contributed by atoms with Crippen molar-refractivity contribution >= 4 is 35.2 Å². The van der Waals surface area contributed by atoms with Gasteiger partial charge in [-0.3, -0.25) is 34.9 Å². The van der Waals surface area contributed by atoms with E-state index in [1.807, 2.05) is 13.8 Å². The number of carbonyl (C=O) groups is 4. The number of imide groups is 1. The van der Waals surface area contributed by atoms with Crippen molar-refractivity contribution in [2.75, 3.05) is 6.61 Å². The van der Waals surface area contributed by atoms with Gasteiger partial charge in [0.1, 0.15) is 11.8 Å². The molecule has 156 valence electrons. The van der Waals surface area contributed by atoms with Crippen LogP contribution in [0, 0.1) is 13.8 Å². The number of amides is 4. The third kappa shape index (κ3) is 4.13. The molecular formula is C21H20ClN3O5. The summed E-state index contributed by atoms with van der Waals surface area (Å²) in [5.74, 6) is -1.96. The van der Waals surface area contributed by atoms with Crippen molar-refractivity contribution in [1.29, 1.82) is 0 Å². The summed E-state index contributed by atoms with van der Waals surface area (Å²) in [4.78, 5) is 50.1. The third-order valence-electron chi connectivity index (χ3n) is 4.70. The van der Waals surface area contributed by atoms with Crippen molar-refractivity contribution in [1.82, 2.24) is 15.8 Å². The lowest BCUT2D eigenvalue weighted by molar-refractivity contribution is -0.131. The molecule has 0 radical (unpaired) electrons. The first-order valence-electron chi connectivity index (χ1n) is 9.16. The molecule has 0 saturated heterocycles. The first kappa shape index (κ1) is 21.3. The summed E-state index contributed by atoms with van der Waals surface area (Å²) >= 11 is 6.10. The molecule has 2 N–H and O–H groups in total. The van der Waals surface area contributed by atoms with E-state index in [4.69, 9.17) is 16.3 Å². The van der Waals surface area contributed by atoms with Crippen molar-refractivity contribution in [3.8, 4) is 5.75 Å². The Bertz CT molecular complexity index is 995. The minimum absolute atomic E-state index is 0.244. The molecule has 8 nitrogen and oxygen atoms in total. The summed E-state index contributed by atoms with van der Waals surface area (Å²) in [5.41, 5.74) is 6.54. The van der Waals surface area contributed by atoms with Crippen LogP contribution in [0.2, 0.25) is 5.02 Å². The smallest absolute Gasteiger partial charge is 0.276 e. The molecule has 2 aromatic rings. The maximum atomic E-state index is 12.4. The van der Waals surface area contributed by atoms with E-state index < -0.39 is 29.7 Å². The molecule has 30 heavy (non-hydrogen) atoms. The molecule has 1 atom stereocenters. The molecule has 1 unspecified atom stereocenters. The highest BCUT2D eigenvalue weighted by Gasteiger charge is 2.40. The summed E-state index contributed by atoms with van der Waals surface area (Å²) in [5, 5.41) is 0.626. The van der Waals surface area contributed by atoms with Gasteiger partial charge in [0.25, 0.3) is 23.6 Å². The lowest BCUT2D eigenvalue weighted by Gasteiger charge is -2.21. The maximum absolute atomic E-state index is 12.4. The minimum atomic E-state index is -1.11. The van der Waals surface area contributed by atoms with Crippen LogP contribution >= 0.6 is 11.6 Å². The van der Waals surface area contributed by atoms with Gasteiger partial charge in [-0.25, -0.2) is 0 Å². The number of nitrogens with one attached hydrogen (secondary N) is 2. The number of carbonyl (C=O) groups excluding carboxylic acids is 4. The van der Waals surface area contributed by atoms with Gasteiger partial charge in [0, 0.05) is 5.02 Å². The monoisotopic (exact) mass is 429 g/mol. The van der Waals surface area contributed by atoms with Crippen molar-refractivity contribution in [2.45, 2.75) is 26.8 Å². The molecule has 9 heteroatoms. The summed E-state index contributed by atoms with van der Waals surface area (Å²) in [7, 11) is 0. The van der Waals surface area contributed by atoms with Gasteiger partial charge >= 0.3 is 0 Å². The molecule has 0 fully saturated rings. The van der Waals surface area contributed by atoms with Crippen LogP contribution in [0.15, 0.2) is 36.4 Å². The number of benzene rings is 2. The van der Waals surface area contributed by atoms with Crippen LogP contribution < -0.4 is 15.6 Å². The van der Waals surface area contributed by atoms with E-state index in [1.165, 1.54) is 19.1 Å². The SMILES string of the molecule is Cc1cc(OCC(=O)NNC(=O)C(C)N2C(=O)c3ccccc3C2=O)cc(C)c1Cl. The Morgan fingerprint density at radius 1 is 1.03 bits per heavy atom. The fourth-order valence-corrected chi connectivity index (χ4v) is 3.20. The lowest BCUT2D eigenvalue weighted by atomic mass is 10.1. The van der Waals surface area contributed by atoms with Crippen molar-refractivity contribution < 1.29 is 23.9 Å². The summed E-state index contributed by atoms with van der Waals surface area (Å²) in [6.07, 6.45) is 0. The zero-order valence-electron chi connectivity index (χ0n) is 16.6. The summed E-state index contributed by atoms with van der Waals surface area (Å²) in [6, 6.07) is 8.63. The van der Waals surface area contributed by atoms with E-state index in [1.54, 1.807) is 24.3 Å². The zero-order chi connectivity index (χ0) is 22.0. The lowest BCUT2D eigenvalue weighted by Crippen LogP contribution is -2.53. The van der Waals surface area contributed by atoms with Crippen molar-refractivity contribution in [3.63, 3.8) is 0 Å².